The van der Waals surface area contributed by atoms with Crippen molar-refractivity contribution < 1.29 is 9.18 Å². The highest BCUT2D eigenvalue weighted by Gasteiger charge is 2.45. The first-order valence-corrected chi connectivity index (χ1v) is 7.59. The topological polar surface area (TPSA) is 54.0 Å². The number of benzene rings is 1. The summed E-state index contributed by atoms with van der Waals surface area (Å²) in [4.78, 5) is 17.5. The third-order valence-corrected chi connectivity index (χ3v) is 4.74. The zero-order valence-corrected chi connectivity index (χ0v) is 12.7. The lowest BCUT2D eigenvalue weighted by molar-refractivity contribution is 0.247. The number of amides is 2. The number of rotatable bonds is 3. The first kappa shape index (κ1) is 14.0. The van der Waals surface area contributed by atoms with Crippen LogP contribution in [0.15, 0.2) is 24.3 Å². The molecule has 2 N–H and O–H groups in total. The maximum absolute atomic E-state index is 13.0. The second kappa shape index (κ2) is 5.11. The van der Waals surface area contributed by atoms with Gasteiger partial charge in [0.1, 0.15) is 5.82 Å². The highest BCUT2D eigenvalue weighted by atomic mass is 32.1. The van der Waals surface area contributed by atoms with E-state index in [-0.39, 0.29) is 17.4 Å². The van der Waals surface area contributed by atoms with Gasteiger partial charge in [0.25, 0.3) is 0 Å². The molecule has 2 amide bonds. The number of anilines is 1. The van der Waals surface area contributed by atoms with Crippen LogP contribution in [-0.2, 0) is 5.54 Å². The molecule has 2 aromatic rings. The Hall–Kier alpha value is -1.95. The van der Waals surface area contributed by atoms with E-state index in [0.29, 0.717) is 5.13 Å². The highest BCUT2D eigenvalue weighted by molar-refractivity contribution is 7.15. The quantitative estimate of drug-likeness (QED) is 0.908. The standard InChI is InChI=1S/C15H16FN3OS/c1-9-10(2)21-14(17-9)18-13(20)19-15(7-8-15)11-3-5-12(16)6-4-11/h3-6H,7-8H2,1-2H3,(H2,17,18,19,20). The summed E-state index contributed by atoms with van der Waals surface area (Å²) in [6.07, 6.45) is 1.73. The van der Waals surface area contributed by atoms with Crippen LogP contribution in [0.25, 0.3) is 0 Å². The fraction of sp³-hybridized carbons (Fsp3) is 0.333. The lowest BCUT2D eigenvalue weighted by atomic mass is 10.1. The van der Waals surface area contributed by atoms with Crippen molar-refractivity contribution in [3.63, 3.8) is 0 Å². The minimum absolute atomic E-state index is 0.271. The van der Waals surface area contributed by atoms with E-state index >= 15 is 0 Å². The summed E-state index contributed by atoms with van der Waals surface area (Å²) in [5, 5.41) is 6.33. The van der Waals surface area contributed by atoms with Gasteiger partial charge in [-0.05, 0) is 44.4 Å². The molecule has 0 radical (unpaired) electrons. The Labute approximate surface area is 126 Å². The van der Waals surface area contributed by atoms with Crippen molar-refractivity contribution >= 4 is 22.5 Å². The van der Waals surface area contributed by atoms with Gasteiger partial charge in [-0.2, -0.15) is 0 Å². The van der Waals surface area contributed by atoms with Crippen LogP contribution in [-0.4, -0.2) is 11.0 Å². The number of aromatic nitrogens is 1. The normalized spacial score (nSPS) is 15.6. The Morgan fingerprint density at radius 3 is 2.48 bits per heavy atom. The van der Waals surface area contributed by atoms with Crippen molar-refractivity contribution in [2.45, 2.75) is 32.2 Å². The number of nitrogens with one attached hydrogen (secondary N) is 2. The average Bonchev–Trinajstić information content (AvgIpc) is 3.12. The van der Waals surface area contributed by atoms with E-state index in [9.17, 15) is 9.18 Å². The Morgan fingerprint density at radius 2 is 1.95 bits per heavy atom. The van der Waals surface area contributed by atoms with Crippen LogP contribution >= 0.6 is 11.3 Å². The third-order valence-electron chi connectivity index (χ3n) is 3.75. The van der Waals surface area contributed by atoms with Crippen molar-refractivity contribution in [2.24, 2.45) is 0 Å². The minimum Gasteiger partial charge on any atom is -0.328 e. The summed E-state index contributed by atoms with van der Waals surface area (Å²) in [5.41, 5.74) is 1.50. The lowest BCUT2D eigenvalue weighted by Crippen LogP contribution is -2.38. The Balaban J connectivity index is 1.68. The molecule has 1 aromatic heterocycles. The Bertz CT molecular complexity index is 657. The molecule has 0 bridgehead atoms. The van der Waals surface area contributed by atoms with Crippen molar-refractivity contribution in [1.29, 1.82) is 0 Å². The van der Waals surface area contributed by atoms with E-state index in [1.165, 1.54) is 23.5 Å². The number of thiazole rings is 1. The zero-order valence-electron chi connectivity index (χ0n) is 11.9. The molecule has 0 aliphatic heterocycles. The molecule has 1 heterocycles. The third kappa shape index (κ3) is 2.90. The van der Waals surface area contributed by atoms with E-state index in [0.717, 1.165) is 29.0 Å². The molecule has 3 rings (SSSR count). The molecule has 110 valence electrons. The van der Waals surface area contributed by atoms with Crippen molar-refractivity contribution in [1.82, 2.24) is 10.3 Å². The molecular formula is C15H16FN3OS. The van der Waals surface area contributed by atoms with E-state index in [4.69, 9.17) is 0 Å². The first-order chi connectivity index (χ1) is 9.98. The van der Waals surface area contributed by atoms with Gasteiger partial charge in [0.05, 0.1) is 11.2 Å². The summed E-state index contributed by atoms with van der Waals surface area (Å²) in [6, 6.07) is 6.01. The van der Waals surface area contributed by atoms with Crippen LogP contribution in [0.4, 0.5) is 14.3 Å². The van der Waals surface area contributed by atoms with Gasteiger partial charge in [-0.1, -0.05) is 12.1 Å². The zero-order chi connectivity index (χ0) is 15.0. The number of urea groups is 1. The summed E-state index contributed by atoms with van der Waals surface area (Å²) < 4.78 is 13.0. The molecule has 1 aromatic carbocycles. The maximum atomic E-state index is 13.0. The fourth-order valence-electron chi connectivity index (χ4n) is 2.25. The molecule has 1 saturated carbocycles. The maximum Gasteiger partial charge on any atom is 0.321 e. The largest absolute Gasteiger partial charge is 0.328 e. The second-order valence-corrected chi connectivity index (χ2v) is 6.53. The second-order valence-electron chi connectivity index (χ2n) is 5.33. The molecule has 21 heavy (non-hydrogen) atoms. The van der Waals surface area contributed by atoms with Gasteiger partial charge in [-0.15, -0.1) is 11.3 Å². The number of aryl methyl sites for hydroxylation is 2. The van der Waals surface area contributed by atoms with Gasteiger partial charge in [-0.3, -0.25) is 5.32 Å². The molecular weight excluding hydrogens is 289 g/mol. The highest BCUT2D eigenvalue weighted by Crippen LogP contribution is 2.45. The molecule has 4 nitrogen and oxygen atoms in total. The number of halogens is 1. The lowest BCUT2D eigenvalue weighted by Gasteiger charge is -2.17. The van der Waals surface area contributed by atoms with E-state index in [1.54, 1.807) is 12.1 Å². The van der Waals surface area contributed by atoms with Gasteiger partial charge in [-0.25, -0.2) is 14.2 Å². The van der Waals surface area contributed by atoms with Crippen molar-refractivity contribution in [3.05, 3.63) is 46.2 Å². The Kier molecular flexibility index (Phi) is 3.41. The number of hydrogen-bond acceptors (Lipinski definition) is 3. The van der Waals surface area contributed by atoms with E-state index < -0.39 is 0 Å². The molecule has 1 fully saturated rings. The monoisotopic (exact) mass is 305 g/mol. The fourth-order valence-corrected chi connectivity index (χ4v) is 3.06. The number of carbonyl (C=O) groups is 1. The Morgan fingerprint density at radius 1 is 1.29 bits per heavy atom. The molecule has 6 heteroatoms. The molecule has 1 aliphatic carbocycles. The van der Waals surface area contributed by atoms with Gasteiger partial charge < -0.3 is 5.32 Å². The summed E-state index contributed by atoms with van der Waals surface area (Å²) in [5.74, 6) is -0.271. The number of nitrogens with zero attached hydrogens (tertiary/aromatic N) is 1. The molecule has 0 spiro atoms. The summed E-state index contributed by atoms with van der Waals surface area (Å²) in [7, 11) is 0. The molecule has 0 atom stereocenters. The molecule has 0 saturated heterocycles. The SMILES string of the molecule is Cc1nc(NC(=O)NC2(c3ccc(F)cc3)CC2)sc1C. The number of hydrogen-bond donors (Lipinski definition) is 2. The van der Waals surface area contributed by atoms with Crippen LogP contribution in [0.2, 0.25) is 0 Å². The molecule has 1 aliphatic rings. The van der Waals surface area contributed by atoms with Crippen molar-refractivity contribution in [3.8, 4) is 0 Å². The van der Waals surface area contributed by atoms with Crippen LogP contribution in [0, 0.1) is 19.7 Å². The average molecular weight is 305 g/mol. The number of carbonyl (C=O) groups excluding carboxylic acids is 1. The van der Waals surface area contributed by atoms with Crippen LogP contribution < -0.4 is 10.6 Å². The first-order valence-electron chi connectivity index (χ1n) is 6.78. The summed E-state index contributed by atoms with van der Waals surface area (Å²) in [6.45, 7) is 3.88. The van der Waals surface area contributed by atoms with Crippen LogP contribution in [0.1, 0.15) is 29.0 Å². The smallest absolute Gasteiger partial charge is 0.321 e. The molecule has 0 unspecified atom stereocenters. The van der Waals surface area contributed by atoms with Gasteiger partial charge >= 0.3 is 6.03 Å². The van der Waals surface area contributed by atoms with Gasteiger partial charge in [0.2, 0.25) is 0 Å². The van der Waals surface area contributed by atoms with Crippen molar-refractivity contribution in [2.75, 3.05) is 5.32 Å². The minimum atomic E-state index is -0.362. The predicted molar refractivity (Wildman–Crippen MR) is 81.1 cm³/mol. The summed E-state index contributed by atoms with van der Waals surface area (Å²) >= 11 is 1.45. The van der Waals surface area contributed by atoms with Gasteiger partial charge in [0.15, 0.2) is 5.13 Å². The van der Waals surface area contributed by atoms with Gasteiger partial charge in [0, 0.05) is 4.88 Å². The van der Waals surface area contributed by atoms with Crippen LogP contribution in [0.5, 0.6) is 0 Å². The van der Waals surface area contributed by atoms with E-state index in [1.807, 2.05) is 13.8 Å². The van der Waals surface area contributed by atoms with Crippen LogP contribution in [0.3, 0.4) is 0 Å². The predicted octanol–water partition coefficient (Wildman–Crippen LogP) is 3.71. The van der Waals surface area contributed by atoms with E-state index in [2.05, 4.69) is 15.6 Å².